The molecular formula is C25H48O5. The molecule has 0 aromatic heterocycles. The van der Waals surface area contributed by atoms with E-state index in [0.717, 1.165) is 12.8 Å². The molecule has 5 nitrogen and oxygen atoms in total. The smallest absolute Gasteiger partial charge is 0.114 e. The third-order valence-corrected chi connectivity index (χ3v) is 5.91. The topological polar surface area (TPSA) is 79.2 Å². The van der Waals surface area contributed by atoms with Crippen molar-refractivity contribution in [3.8, 4) is 0 Å². The third kappa shape index (κ3) is 13.8. The first kappa shape index (κ1) is 27.6. The lowest BCUT2D eigenvalue weighted by Crippen LogP contribution is -2.40. The fourth-order valence-corrected chi connectivity index (χ4v) is 3.89. The van der Waals surface area contributed by atoms with Crippen molar-refractivity contribution in [2.24, 2.45) is 0 Å². The lowest BCUT2D eigenvalue weighted by Gasteiger charge is -2.20. The summed E-state index contributed by atoms with van der Waals surface area (Å²) >= 11 is 0. The van der Waals surface area contributed by atoms with E-state index in [1.807, 2.05) is 0 Å². The summed E-state index contributed by atoms with van der Waals surface area (Å²) in [6, 6.07) is 0. The highest BCUT2D eigenvalue weighted by molar-refractivity contribution is 4.87. The molecule has 178 valence electrons. The zero-order chi connectivity index (χ0) is 21.9. The van der Waals surface area contributed by atoms with Crippen LogP contribution in [0.15, 0.2) is 12.2 Å². The van der Waals surface area contributed by atoms with Crippen molar-refractivity contribution in [3.05, 3.63) is 12.2 Å². The summed E-state index contributed by atoms with van der Waals surface area (Å²) < 4.78 is 10.7. The van der Waals surface area contributed by atoms with Crippen molar-refractivity contribution in [1.29, 1.82) is 0 Å². The molecule has 4 atom stereocenters. The van der Waals surface area contributed by atoms with Crippen molar-refractivity contribution in [2.45, 2.75) is 128 Å². The number of allylic oxidation sites excluding steroid dienone is 2. The van der Waals surface area contributed by atoms with Gasteiger partial charge in [-0.05, 0) is 32.1 Å². The molecule has 1 aliphatic heterocycles. The van der Waals surface area contributed by atoms with Gasteiger partial charge in [-0.2, -0.15) is 0 Å². The molecule has 0 saturated carbocycles. The van der Waals surface area contributed by atoms with Crippen molar-refractivity contribution in [2.75, 3.05) is 19.8 Å². The van der Waals surface area contributed by atoms with Gasteiger partial charge in [0.2, 0.25) is 0 Å². The Kier molecular flexibility index (Phi) is 17.7. The van der Waals surface area contributed by atoms with Gasteiger partial charge < -0.3 is 24.8 Å². The minimum atomic E-state index is -1.03. The van der Waals surface area contributed by atoms with E-state index in [2.05, 4.69) is 19.1 Å². The fourth-order valence-electron chi connectivity index (χ4n) is 3.89. The Hall–Kier alpha value is -0.460. The molecule has 0 unspecified atom stereocenters. The fraction of sp³-hybridized carbons (Fsp3) is 0.920. The van der Waals surface area contributed by atoms with E-state index < -0.39 is 24.4 Å². The summed E-state index contributed by atoms with van der Waals surface area (Å²) in [6.45, 7) is 3.09. The Morgan fingerprint density at radius 1 is 0.833 bits per heavy atom. The van der Waals surface area contributed by atoms with Crippen LogP contribution in [0.25, 0.3) is 0 Å². The van der Waals surface area contributed by atoms with Crippen LogP contribution in [0, 0.1) is 0 Å². The quantitative estimate of drug-likeness (QED) is 0.190. The Morgan fingerprint density at radius 3 is 1.90 bits per heavy atom. The van der Waals surface area contributed by atoms with Crippen molar-refractivity contribution in [3.63, 3.8) is 0 Å². The van der Waals surface area contributed by atoms with Crippen LogP contribution in [0.2, 0.25) is 0 Å². The summed E-state index contributed by atoms with van der Waals surface area (Å²) in [6.07, 6.45) is 20.5. The number of unbranched alkanes of at least 4 members (excludes halogenated alkanes) is 13. The molecule has 1 fully saturated rings. The van der Waals surface area contributed by atoms with Gasteiger partial charge in [0.25, 0.3) is 0 Å². The molecule has 30 heavy (non-hydrogen) atoms. The highest BCUT2D eigenvalue weighted by Crippen LogP contribution is 2.18. The monoisotopic (exact) mass is 428 g/mol. The Labute approximate surface area is 184 Å². The molecule has 0 radical (unpaired) electrons. The first-order valence-electron chi connectivity index (χ1n) is 12.5. The molecule has 3 N–H and O–H groups in total. The SMILES string of the molecule is CCCCCC/C=C/CCCCCCCCCCCOC[C@@H](O)[C@H]1OC[C@H](O)[C@H]1O. The summed E-state index contributed by atoms with van der Waals surface area (Å²) in [5.41, 5.74) is 0. The molecule has 0 aliphatic carbocycles. The zero-order valence-electron chi connectivity index (χ0n) is 19.4. The standard InChI is InChI=1S/C25H48O5/c1-2-3-4-5-6-7-8-9-10-11-12-13-14-15-16-17-18-19-29-20-23(27)25-24(28)22(26)21-30-25/h7-8,22-28H,2-6,9-21H2,1H3/b8-7+/t22-,23+,24+,25+/m0/s1. The first-order chi connectivity index (χ1) is 14.7. The van der Waals surface area contributed by atoms with Crippen LogP contribution in [0.1, 0.15) is 103 Å². The molecule has 5 heteroatoms. The maximum absolute atomic E-state index is 9.96. The third-order valence-electron chi connectivity index (χ3n) is 5.91. The summed E-state index contributed by atoms with van der Waals surface area (Å²) in [5.74, 6) is 0. The number of hydrogen-bond donors (Lipinski definition) is 3. The number of ether oxygens (including phenoxy) is 2. The molecule has 0 spiro atoms. The predicted molar refractivity (Wildman–Crippen MR) is 123 cm³/mol. The average molecular weight is 429 g/mol. The van der Waals surface area contributed by atoms with Crippen molar-refractivity contribution in [1.82, 2.24) is 0 Å². The molecule has 1 rings (SSSR count). The normalized spacial score (nSPS) is 22.9. The van der Waals surface area contributed by atoms with Gasteiger partial charge in [0.15, 0.2) is 0 Å². The van der Waals surface area contributed by atoms with Crippen LogP contribution < -0.4 is 0 Å². The number of aliphatic hydroxyl groups is 3. The largest absolute Gasteiger partial charge is 0.388 e. The van der Waals surface area contributed by atoms with Gasteiger partial charge in [-0.15, -0.1) is 0 Å². The second-order valence-electron chi connectivity index (χ2n) is 8.79. The van der Waals surface area contributed by atoms with Gasteiger partial charge in [-0.1, -0.05) is 83.3 Å². The maximum atomic E-state index is 9.96. The molecular weight excluding hydrogens is 380 g/mol. The minimum absolute atomic E-state index is 0.0686. The molecule has 0 bridgehead atoms. The minimum Gasteiger partial charge on any atom is -0.388 e. The van der Waals surface area contributed by atoms with E-state index in [1.54, 1.807) is 0 Å². The molecule has 1 heterocycles. The lowest BCUT2D eigenvalue weighted by molar-refractivity contribution is -0.0813. The molecule has 0 aromatic carbocycles. The van der Waals surface area contributed by atoms with Crippen LogP contribution in [-0.2, 0) is 9.47 Å². The highest BCUT2D eigenvalue weighted by atomic mass is 16.5. The Balaban J connectivity index is 1.76. The highest BCUT2D eigenvalue weighted by Gasteiger charge is 2.39. The van der Waals surface area contributed by atoms with Gasteiger partial charge >= 0.3 is 0 Å². The second-order valence-corrected chi connectivity index (χ2v) is 8.79. The number of aliphatic hydroxyl groups excluding tert-OH is 3. The van der Waals surface area contributed by atoms with Gasteiger partial charge in [0.05, 0.1) is 13.2 Å². The lowest BCUT2D eigenvalue weighted by atomic mass is 10.1. The molecule has 0 aromatic rings. The van der Waals surface area contributed by atoms with Gasteiger partial charge in [-0.3, -0.25) is 0 Å². The number of rotatable bonds is 20. The van der Waals surface area contributed by atoms with E-state index in [9.17, 15) is 15.3 Å². The van der Waals surface area contributed by atoms with Gasteiger partial charge in [0.1, 0.15) is 24.4 Å². The first-order valence-corrected chi connectivity index (χ1v) is 12.5. The van der Waals surface area contributed by atoms with E-state index in [0.29, 0.717) is 6.61 Å². The van der Waals surface area contributed by atoms with E-state index in [4.69, 9.17) is 9.47 Å². The number of hydrogen-bond acceptors (Lipinski definition) is 5. The van der Waals surface area contributed by atoms with Crippen molar-refractivity contribution < 1.29 is 24.8 Å². The van der Waals surface area contributed by atoms with E-state index >= 15 is 0 Å². The Morgan fingerprint density at radius 2 is 1.37 bits per heavy atom. The van der Waals surface area contributed by atoms with Gasteiger partial charge in [-0.25, -0.2) is 0 Å². The van der Waals surface area contributed by atoms with Crippen LogP contribution in [0.4, 0.5) is 0 Å². The van der Waals surface area contributed by atoms with E-state index in [1.165, 1.54) is 83.5 Å². The van der Waals surface area contributed by atoms with Crippen LogP contribution in [0.3, 0.4) is 0 Å². The summed E-state index contributed by atoms with van der Waals surface area (Å²) in [5, 5.41) is 29.1. The Bertz CT molecular complexity index is 401. The average Bonchev–Trinajstić information content (AvgIpc) is 3.08. The van der Waals surface area contributed by atoms with Crippen LogP contribution in [0.5, 0.6) is 0 Å². The second kappa shape index (κ2) is 19.2. The molecule has 1 aliphatic rings. The molecule has 0 amide bonds. The maximum Gasteiger partial charge on any atom is 0.114 e. The summed E-state index contributed by atoms with van der Waals surface area (Å²) in [4.78, 5) is 0. The van der Waals surface area contributed by atoms with Crippen LogP contribution in [-0.4, -0.2) is 59.6 Å². The van der Waals surface area contributed by atoms with E-state index in [-0.39, 0.29) is 13.2 Å². The molecule has 1 saturated heterocycles. The predicted octanol–water partition coefficient (Wildman–Crippen LogP) is 4.91. The van der Waals surface area contributed by atoms with Crippen LogP contribution >= 0.6 is 0 Å². The van der Waals surface area contributed by atoms with Crippen molar-refractivity contribution >= 4 is 0 Å². The van der Waals surface area contributed by atoms with Gasteiger partial charge in [0, 0.05) is 6.61 Å². The summed E-state index contributed by atoms with van der Waals surface area (Å²) in [7, 11) is 0. The zero-order valence-corrected chi connectivity index (χ0v) is 19.4.